The molecule has 0 bridgehead atoms. The molecule has 0 radical (unpaired) electrons. The highest BCUT2D eigenvalue weighted by Crippen LogP contribution is 2.04. The van der Waals surface area contributed by atoms with E-state index in [9.17, 15) is 0 Å². The summed E-state index contributed by atoms with van der Waals surface area (Å²) in [7, 11) is 0. The minimum Gasteiger partial charge on any atom is -0.409 e. The summed E-state index contributed by atoms with van der Waals surface area (Å²) in [6.07, 6.45) is 2.14. The van der Waals surface area contributed by atoms with Crippen LogP contribution in [-0.4, -0.2) is 17.6 Å². The lowest BCUT2D eigenvalue weighted by Gasteiger charge is -2.04. The second-order valence-electron chi connectivity index (χ2n) is 4.09. The molecule has 0 atom stereocenters. The topological polar surface area (TPSA) is 70.6 Å². The second kappa shape index (κ2) is 6.70. The van der Waals surface area contributed by atoms with Gasteiger partial charge in [0, 0.05) is 18.7 Å². The molecule has 4 N–H and O–H groups in total. The lowest BCUT2D eigenvalue weighted by molar-refractivity contribution is 0.318. The highest BCUT2D eigenvalue weighted by Gasteiger charge is 1.98. The maximum atomic E-state index is 8.53. The van der Waals surface area contributed by atoms with Crippen molar-refractivity contribution in [2.24, 2.45) is 10.9 Å². The van der Waals surface area contributed by atoms with Gasteiger partial charge in [-0.1, -0.05) is 41.1 Å². The van der Waals surface area contributed by atoms with Gasteiger partial charge >= 0.3 is 0 Å². The van der Waals surface area contributed by atoms with E-state index in [1.54, 1.807) is 0 Å². The predicted molar refractivity (Wildman–Crippen MR) is 70.1 cm³/mol. The maximum absolute atomic E-state index is 8.53. The zero-order valence-electron chi connectivity index (χ0n) is 10.3. The fourth-order valence-electron chi connectivity index (χ4n) is 1.34. The molecule has 0 aliphatic heterocycles. The van der Waals surface area contributed by atoms with Crippen molar-refractivity contribution in [2.75, 3.05) is 6.54 Å². The SMILES string of the molecule is CC(C)=CCNCc1ccc(/C(N)=N/O)cc1. The van der Waals surface area contributed by atoms with Gasteiger partial charge in [-0.05, 0) is 19.4 Å². The smallest absolute Gasteiger partial charge is 0.170 e. The Morgan fingerprint density at radius 3 is 2.53 bits per heavy atom. The molecular weight excluding hydrogens is 214 g/mol. The van der Waals surface area contributed by atoms with Crippen LogP contribution in [0.1, 0.15) is 25.0 Å². The Bertz CT molecular complexity index is 403. The summed E-state index contributed by atoms with van der Waals surface area (Å²) in [6, 6.07) is 7.60. The van der Waals surface area contributed by atoms with Gasteiger partial charge in [-0.2, -0.15) is 0 Å². The quantitative estimate of drug-likeness (QED) is 0.181. The first-order chi connectivity index (χ1) is 8.13. The average molecular weight is 233 g/mol. The summed E-state index contributed by atoms with van der Waals surface area (Å²) in [4.78, 5) is 0. The Kier molecular flexibility index (Phi) is 5.23. The monoisotopic (exact) mass is 233 g/mol. The maximum Gasteiger partial charge on any atom is 0.170 e. The van der Waals surface area contributed by atoms with E-state index in [-0.39, 0.29) is 5.84 Å². The zero-order chi connectivity index (χ0) is 12.7. The number of amidine groups is 1. The fourth-order valence-corrected chi connectivity index (χ4v) is 1.34. The molecular formula is C13H19N3O. The van der Waals surface area contributed by atoms with Crippen molar-refractivity contribution in [1.29, 1.82) is 0 Å². The molecule has 1 aromatic rings. The number of benzene rings is 1. The number of rotatable bonds is 5. The zero-order valence-corrected chi connectivity index (χ0v) is 10.3. The summed E-state index contributed by atoms with van der Waals surface area (Å²) in [5, 5.41) is 14.8. The summed E-state index contributed by atoms with van der Waals surface area (Å²) < 4.78 is 0. The van der Waals surface area contributed by atoms with Gasteiger partial charge < -0.3 is 16.3 Å². The Labute approximate surface area is 102 Å². The van der Waals surface area contributed by atoms with E-state index in [1.165, 1.54) is 11.1 Å². The lowest BCUT2D eigenvalue weighted by atomic mass is 10.1. The number of allylic oxidation sites excluding steroid dienone is 1. The third-order valence-corrected chi connectivity index (χ3v) is 2.34. The van der Waals surface area contributed by atoms with Crippen molar-refractivity contribution in [3.8, 4) is 0 Å². The van der Waals surface area contributed by atoms with Crippen LogP contribution in [0.4, 0.5) is 0 Å². The number of hydrogen-bond donors (Lipinski definition) is 3. The molecule has 0 amide bonds. The number of nitrogens with zero attached hydrogens (tertiary/aromatic N) is 1. The molecule has 0 saturated heterocycles. The molecule has 0 unspecified atom stereocenters. The first-order valence-electron chi connectivity index (χ1n) is 5.54. The van der Waals surface area contributed by atoms with Gasteiger partial charge in [0.15, 0.2) is 5.84 Å². The summed E-state index contributed by atoms with van der Waals surface area (Å²) in [6.45, 7) is 5.82. The second-order valence-corrected chi connectivity index (χ2v) is 4.09. The van der Waals surface area contributed by atoms with Crippen LogP contribution in [0.25, 0.3) is 0 Å². The van der Waals surface area contributed by atoms with Crippen molar-refractivity contribution in [1.82, 2.24) is 5.32 Å². The molecule has 1 rings (SSSR count). The number of nitrogens with two attached hydrogens (primary N) is 1. The third-order valence-electron chi connectivity index (χ3n) is 2.34. The van der Waals surface area contributed by atoms with Gasteiger partial charge in [-0.3, -0.25) is 0 Å². The average Bonchev–Trinajstić information content (AvgIpc) is 2.34. The van der Waals surface area contributed by atoms with E-state index < -0.39 is 0 Å². The largest absolute Gasteiger partial charge is 0.409 e. The Balaban J connectivity index is 2.49. The van der Waals surface area contributed by atoms with E-state index in [4.69, 9.17) is 10.9 Å². The molecule has 17 heavy (non-hydrogen) atoms. The van der Waals surface area contributed by atoms with Crippen LogP contribution in [0.5, 0.6) is 0 Å². The van der Waals surface area contributed by atoms with Crippen LogP contribution in [0, 0.1) is 0 Å². The van der Waals surface area contributed by atoms with E-state index in [0.29, 0.717) is 0 Å². The van der Waals surface area contributed by atoms with Crippen molar-refractivity contribution < 1.29 is 5.21 Å². The first-order valence-corrected chi connectivity index (χ1v) is 5.54. The fraction of sp³-hybridized carbons (Fsp3) is 0.308. The number of oxime groups is 1. The van der Waals surface area contributed by atoms with Crippen LogP contribution in [0.3, 0.4) is 0 Å². The molecule has 0 fully saturated rings. The van der Waals surface area contributed by atoms with Crippen LogP contribution >= 0.6 is 0 Å². The van der Waals surface area contributed by atoms with Gasteiger partial charge in [0.1, 0.15) is 0 Å². The van der Waals surface area contributed by atoms with E-state index >= 15 is 0 Å². The third kappa shape index (κ3) is 4.70. The van der Waals surface area contributed by atoms with Gasteiger partial charge in [-0.25, -0.2) is 0 Å². The van der Waals surface area contributed by atoms with E-state index in [2.05, 4.69) is 30.4 Å². The van der Waals surface area contributed by atoms with Crippen molar-refractivity contribution in [2.45, 2.75) is 20.4 Å². The van der Waals surface area contributed by atoms with Crippen LogP contribution in [0.2, 0.25) is 0 Å². The highest BCUT2D eigenvalue weighted by molar-refractivity contribution is 5.96. The Morgan fingerprint density at radius 2 is 2.00 bits per heavy atom. The molecule has 0 aromatic heterocycles. The minimum absolute atomic E-state index is 0.133. The molecule has 92 valence electrons. The number of hydrogen-bond acceptors (Lipinski definition) is 3. The molecule has 0 aliphatic rings. The summed E-state index contributed by atoms with van der Waals surface area (Å²) >= 11 is 0. The van der Waals surface area contributed by atoms with Crippen molar-refractivity contribution in [3.63, 3.8) is 0 Å². The van der Waals surface area contributed by atoms with Gasteiger partial charge in [-0.15, -0.1) is 0 Å². The van der Waals surface area contributed by atoms with Crippen molar-refractivity contribution in [3.05, 3.63) is 47.0 Å². The van der Waals surface area contributed by atoms with Crippen LogP contribution in [0.15, 0.2) is 41.1 Å². The standard InChI is InChI=1S/C13H19N3O/c1-10(2)7-8-15-9-11-3-5-12(6-4-11)13(14)16-17/h3-7,15,17H,8-9H2,1-2H3,(H2,14,16). The highest BCUT2D eigenvalue weighted by atomic mass is 16.4. The van der Waals surface area contributed by atoms with Gasteiger partial charge in [0.05, 0.1) is 0 Å². The molecule has 0 spiro atoms. The van der Waals surface area contributed by atoms with Crippen LogP contribution < -0.4 is 11.1 Å². The van der Waals surface area contributed by atoms with E-state index in [1.807, 2.05) is 24.3 Å². The normalized spacial score (nSPS) is 11.3. The Hall–Kier alpha value is -1.81. The molecule has 4 nitrogen and oxygen atoms in total. The lowest BCUT2D eigenvalue weighted by Crippen LogP contribution is -2.15. The Morgan fingerprint density at radius 1 is 1.35 bits per heavy atom. The van der Waals surface area contributed by atoms with Crippen molar-refractivity contribution >= 4 is 5.84 Å². The summed E-state index contributed by atoms with van der Waals surface area (Å²) in [5.41, 5.74) is 8.67. The van der Waals surface area contributed by atoms with E-state index in [0.717, 1.165) is 18.7 Å². The van der Waals surface area contributed by atoms with Gasteiger partial charge in [0.2, 0.25) is 0 Å². The van der Waals surface area contributed by atoms with Gasteiger partial charge in [0.25, 0.3) is 0 Å². The molecule has 0 aliphatic carbocycles. The molecule has 0 saturated carbocycles. The van der Waals surface area contributed by atoms with Crippen LogP contribution in [-0.2, 0) is 6.54 Å². The minimum atomic E-state index is 0.133. The molecule has 0 heterocycles. The predicted octanol–water partition coefficient (Wildman–Crippen LogP) is 1.84. The summed E-state index contributed by atoms with van der Waals surface area (Å²) in [5.74, 6) is 0.133. The molecule has 1 aromatic carbocycles. The number of nitrogens with one attached hydrogen (secondary N) is 1. The molecule has 4 heteroatoms. The first kappa shape index (κ1) is 13.3.